The molecule has 0 saturated heterocycles. The van der Waals surface area contributed by atoms with Crippen molar-refractivity contribution < 1.29 is 38.1 Å². The molecule has 3 rings (SSSR count). The predicted octanol–water partition coefficient (Wildman–Crippen LogP) is 3.76. The van der Waals surface area contributed by atoms with Crippen LogP contribution in [0.5, 0.6) is 0 Å². The van der Waals surface area contributed by atoms with Gasteiger partial charge in [0, 0.05) is 23.7 Å². The summed E-state index contributed by atoms with van der Waals surface area (Å²) in [7, 11) is 0. The van der Waals surface area contributed by atoms with E-state index in [1.54, 1.807) is 38.1 Å². The number of ether oxygens (including phenoxy) is 3. The van der Waals surface area contributed by atoms with Gasteiger partial charge in [-0.1, -0.05) is 35.9 Å². The van der Waals surface area contributed by atoms with Crippen LogP contribution in [-0.4, -0.2) is 72.3 Å². The zero-order valence-electron chi connectivity index (χ0n) is 20.7. The van der Waals surface area contributed by atoms with Crippen LogP contribution in [0.25, 0.3) is 11.1 Å². The molecule has 13 heteroatoms. The highest BCUT2D eigenvalue weighted by Crippen LogP contribution is 2.26. The third kappa shape index (κ3) is 8.68. The summed E-state index contributed by atoms with van der Waals surface area (Å²) in [5, 5.41) is 21.6. The predicted molar refractivity (Wildman–Crippen MR) is 134 cm³/mol. The van der Waals surface area contributed by atoms with Gasteiger partial charge in [0.15, 0.2) is 11.9 Å². The van der Waals surface area contributed by atoms with Crippen molar-refractivity contribution in [2.75, 3.05) is 26.4 Å². The topological polar surface area (TPSA) is 139 Å². The number of aliphatic hydroxyl groups excluding tert-OH is 1. The second kappa shape index (κ2) is 13.7. The first-order chi connectivity index (χ1) is 18.1. The van der Waals surface area contributed by atoms with Crippen molar-refractivity contribution in [1.29, 1.82) is 0 Å². The lowest BCUT2D eigenvalue weighted by Crippen LogP contribution is -2.41. The Morgan fingerprint density at radius 1 is 1.13 bits per heavy atom. The Bertz CT molecular complexity index is 1220. The molecular formula is C25H26ClFN4O7. The highest BCUT2D eigenvalue weighted by Gasteiger charge is 2.25. The van der Waals surface area contributed by atoms with Gasteiger partial charge < -0.3 is 19.3 Å². The number of benzene rings is 2. The number of ketones is 1. The minimum atomic E-state index is -1.66. The second-order valence-corrected chi connectivity index (χ2v) is 8.94. The third-order valence-corrected chi connectivity index (χ3v) is 5.39. The van der Waals surface area contributed by atoms with Gasteiger partial charge >= 0.3 is 12.1 Å². The Kier molecular flexibility index (Phi) is 10.4. The van der Waals surface area contributed by atoms with Crippen molar-refractivity contribution in [2.24, 2.45) is 15.4 Å². The number of hydrogen-bond donors (Lipinski definition) is 1. The summed E-state index contributed by atoms with van der Waals surface area (Å²) in [6, 6.07) is 11.1. The summed E-state index contributed by atoms with van der Waals surface area (Å²) < 4.78 is 28.4. The van der Waals surface area contributed by atoms with Crippen LogP contribution in [0.3, 0.4) is 0 Å². The van der Waals surface area contributed by atoms with Crippen molar-refractivity contribution in [1.82, 2.24) is 4.90 Å². The first kappa shape index (κ1) is 28.8. The van der Waals surface area contributed by atoms with Crippen molar-refractivity contribution >= 4 is 35.2 Å². The molecule has 1 N–H and O–H groups in total. The first-order valence-corrected chi connectivity index (χ1v) is 11.9. The van der Waals surface area contributed by atoms with E-state index in [0.29, 0.717) is 21.7 Å². The van der Waals surface area contributed by atoms with Gasteiger partial charge in [-0.25, -0.2) is 14.0 Å². The molecule has 0 aliphatic carbocycles. The van der Waals surface area contributed by atoms with Gasteiger partial charge in [0.1, 0.15) is 18.1 Å². The Balaban J connectivity index is 1.65. The highest BCUT2D eigenvalue weighted by atomic mass is 35.5. The maximum atomic E-state index is 14.2. The van der Waals surface area contributed by atoms with E-state index in [1.807, 2.05) is 0 Å². The van der Waals surface area contributed by atoms with Crippen LogP contribution in [0.15, 0.2) is 57.9 Å². The van der Waals surface area contributed by atoms with E-state index in [2.05, 4.69) is 20.2 Å². The van der Waals surface area contributed by atoms with E-state index < -0.39 is 36.9 Å². The molecule has 202 valence electrons. The minimum Gasteiger partial charge on any atom is -0.431 e. The molecule has 11 nitrogen and oxygen atoms in total. The molecule has 38 heavy (non-hydrogen) atoms. The third-order valence-electron chi connectivity index (χ3n) is 5.15. The molecule has 2 aromatic carbocycles. The molecule has 1 atom stereocenters. The molecule has 0 radical (unpaired) electrons. The van der Waals surface area contributed by atoms with Crippen LogP contribution < -0.4 is 0 Å². The van der Waals surface area contributed by atoms with Crippen molar-refractivity contribution in [3.8, 4) is 11.1 Å². The Morgan fingerprint density at radius 2 is 1.87 bits per heavy atom. The van der Waals surface area contributed by atoms with Crippen molar-refractivity contribution in [2.45, 2.75) is 32.6 Å². The highest BCUT2D eigenvalue weighted by molar-refractivity contribution is 6.41. The van der Waals surface area contributed by atoms with Crippen LogP contribution in [0, 0.1) is 5.82 Å². The van der Waals surface area contributed by atoms with Gasteiger partial charge in [0.25, 0.3) is 0 Å². The van der Waals surface area contributed by atoms with Crippen molar-refractivity contribution in [3.63, 3.8) is 0 Å². The van der Waals surface area contributed by atoms with E-state index in [0.717, 1.165) is 0 Å². The standard InChI is InChI=1S/C25H26ClFN4O7/c1-15(2)38-25(35)37-14-36-24(34)23(33)13-31(12-22(32)21-10-28-30-29-21)11-16-3-5-17(6-4-16)19-9-18(26)7-8-20(19)27/h3-9,15,23,33H,10-14H2,1-2H3/t23-/m1/s1. The number of carbonyl (C=O) groups excluding carboxylic acids is 3. The summed E-state index contributed by atoms with van der Waals surface area (Å²) in [4.78, 5) is 37.7. The lowest BCUT2D eigenvalue weighted by molar-refractivity contribution is -0.164. The van der Waals surface area contributed by atoms with Crippen LogP contribution in [-0.2, 0) is 30.3 Å². The van der Waals surface area contributed by atoms with Crippen LogP contribution in [0.1, 0.15) is 19.4 Å². The van der Waals surface area contributed by atoms with E-state index in [9.17, 15) is 23.9 Å². The summed E-state index contributed by atoms with van der Waals surface area (Å²) in [5.41, 5.74) is 1.79. The smallest absolute Gasteiger partial charge is 0.431 e. The Labute approximate surface area is 222 Å². The molecule has 0 spiro atoms. The minimum absolute atomic E-state index is 0.0426. The zero-order chi connectivity index (χ0) is 27.7. The van der Waals surface area contributed by atoms with Gasteiger partial charge in [-0.15, -0.1) is 5.10 Å². The quantitative estimate of drug-likeness (QED) is 0.312. The lowest BCUT2D eigenvalue weighted by Gasteiger charge is -2.24. The molecule has 2 aromatic rings. The average Bonchev–Trinajstić information content (AvgIpc) is 3.41. The fraction of sp³-hybridized carbons (Fsp3) is 0.360. The average molecular weight is 549 g/mol. The Hall–Kier alpha value is -3.74. The van der Waals surface area contributed by atoms with Crippen LogP contribution in [0.4, 0.5) is 9.18 Å². The first-order valence-electron chi connectivity index (χ1n) is 11.5. The fourth-order valence-electron chi connectivity index (χ4n) is 3.38. The normalized spacial score (nSPS) is 13.4. The number of hydrogen-bond acceptors (Lipinski definition) is 11. The SMILES string of the molecule is CC(C)OC(=O)OCOC(=O)[C@H](O)CN(CC(=O)C1=NN=NC1)Cc1ccc(-c2cc(Cl)ccc2F)cc1. The molecule has 0 bridgehead atoms. The largest absolute Gasteiger partial charge is 0.511 e. The number of esters is 1. The van der Waals surface area contributed by atoms with Crippen molar-refractivity contribution in [3.05, 3.63) is 58.9 Å². The monoisotopic (exact) mass is 548 g/mol. The molecule has 0 saturated carbocycles. The second-order valence-electron chi connectivity index (χ2n) is 8.51. The summed E-state index contributed by atoms with van der Waals surface area (Å²) in [6.45, 7) is 2.20. The number of Topliss-reactive ketones (excluding diaryl/α,β-unsaturated/α-hetero) is 1. The number of carbonyl (C=O) groups is 3. The summed E-state index contributed by atoms with van der Waals surface area (Å²) >= 11 is 5.99. The van der Waals surface area contributed by atoms with E-state index in [1.165, 1.54) is 23.1 Å². The molecule has 0 aromatic heterocycles. The zero-order valence-corrected chi connectivity index (χ0v) is 21.4. The van der Waals surface area contributed by atoms with E-state index >= 15 is 0 Å². The maximum Gasteiger partial charge on any atom is 0.511 e. The molecule has 0 fully saturated rings. The molecule has 0 unspecified atom stereocenters. The number of aliphatic hydroxyl groups is 1. The van der Waals surface area contributed by atoms with Gasteiger partial charge in [0.05, 0.1) is 12.6 Å². The molecule has 0 amide bonds. The van der Waals surface area contributed by atoms with Crippen LogP contribution in [0.2, 0.25) is 5.02 Å². The van der Waals surface area contributed by atoms with E-state index in [-0.39, 0.29) is 37.7 Å². The Morgan fingerprint density at radius 3 is 2.53 bits per heavy atom. The molecule has 1 aliphatic heterocycles. The van der Waals surface area contributed by atoms with E-state index in [4.69, 9.17) is 21.1 Å². The molecular weight excluding hydrogens is 523 g/mol. The summed E-state index contributed by atoms with van der Waals surface area (Å²) in [6.07, 6.45) is -3.10. The fourth-order valence-corrected chi connectivity index (χ4v) is 3.56. The lowest BCUT2D eigenvalue weighted by atomic mass is 10.0. The van der Waals surface area contributed by atoms with Gasteiger partial charge in [-0.05, 0) is 48.4 Å². The summed E-state index contributed by atoms with van der Waals surface area (Å²) in [5.74, 6) is -1.87. The van der Waals surface area contributed by atoms with Gasteiger partial charge in [0.2, 0.25) is 6.79 Å². The number of halogens is 2. The van der Waals surface area contributed by atoms with Gasteiger partial charge in [-0.2, -0.15) is 5.11 Å². The number of rotatable bonds is 12. The van der Waals surface area contributed by atoms with Gasteiger partial charge in [-0.3, -0.25) is 9.69 Å². The van der Waals surface area contributed by atoms with Crippen LogP contribution >= 0.6 is 11.6 Å². The molecule has 1 heterocycles. The number of nitrogens with zero attached hydrogens (tertiary/aromatic N) is 4. The maximum absolute atomic E-state index is 14.2. The molecule has 1 aliphatic rings.